The van der Waals surface area contributed by atoms with Crippen molar-refractivity contribution in [3.8, 4) is 0 Å². The van der Waals surface area contributed by atoms with Crippen molar-refractivity contribution in [3.63, 3.8) is 0 Å². The second kappa shape index (κ2) is 5.11. The van der Waals surface area contributed by atoms with E-state index in [0.29, 0.717) is 17.1 Å². The van der Waals surface area contributed by atoms with Crippen molar-refractivity contribution in [2.24, 2.45) is 0 Å². The van der Waals surface area contributed by atoms with Crippen LogP contribution >= 0.6 is 0 Å². The number of hydrogen-bond acceptors (Lipinski definition) is 5. The van der Waals surface area contributed by atoms with Crippen LogP contribution in [0.2, 0.25) is 0 Å². The van der Waals surface area contributed by atoms with Crippen LogP contribution < -0.4 is 0 Å². The zero-order valence-corrected chi connectivity index (χ0v) is 10.6. The Balaban J connectivity index is 2.53. The number of benzene rings is 1. The van der Waals surface area contributed by atoms with Crippen LogP contribution in [0.4, 0.5) is 5.69 Å². The van der Waals surface area contributed by atoms with Crippen molar-refractivity contribution in [3.05, 3.63) is 63.2 Å². The monoisotopic (exact) mass is 259 g/mol. The molecule has 1 aromatic heterocycles. The summed E-state index contributed by atoms with van der Waals surface area (Å²) in [7, 11) is 0. The largest absolute Gasteiger partial charge is 0.382 e. The van der Waals surface area contributed by atoms with E-state index in [9.17, 15) is 15.2 Å². The Kier molecular flexibility index (Phi) is 3.52. The number of nitrogens with zero attached hydrogens (tertiary/aromatic N) is 3. The van der Waals surface area contributed by atoms with E-state index in [1.807, 2.05) is 0 Å². The molecule has 1 atom stereocenters. The Morgan fingerprint density at radius 2 is 2.00 bits per heavy atom. The molecule has 0 unspecified atom stereocenters. The fourth-order valence-corrected chi connectivity index (χ4v) is 1.85. The van der Waals surface area contributed by atoms with Crippen molar-refractivity contribution in [1.29, 1.82) is 0 Å². The van der Waals surface area contributed by atoms with E-state index in [2.05, 4.69) is 9.97 Å². The lowest BCUT2D eigenvalue weighted by atomic mass is 10.0. The average Bonchev–Trinajstić information content (AvgIpc) is 2.40. The molecule has 0 aliphatic heterocycles. The molecule has 0 fully saturated rings. The molecule has 98 valence electrons. The van der Waals surface area contributed by atoms with Crippen molar-refractivity contribution >= 4 is 5.69 Å². The molecule has 1 heterocycles. The van der Waals surface area contributed by atoms with Gasteiger partial charge in [0, 0.05) is 12.3 Å². The van der Waals surface area contributed by atoms with Gasteiger partial charge in [-0.2, -0.15) is 0 Å². The number of aliphatic hydroxyl groups excluding tert-OH is 1. The first-order valence-electron chi connectivity index (χ1n) is 5.72. The fourth-order valence-electron chi connectivity index (χ4n) is 1.85. The summed E-state index contributed by atoms with van der Waals surface area (Å²) < 4.78 is 0. The molecule has 6 nitrogen and oxygen atoms in total. The van der Waals surface area contributed by atoms with Gasteiger partial charge in [-0.05, 0) is 19.9 Å². The Morgan fingerprint density at radius 1 is 1.32 bits per heavy atom. The number of nitro benzene ring substituents is 1. The van der Waals surface area contributed by atoms with Gasteiger partial charge in [0.1, 0.15) is 6.10 Å². The zero-order chi connectivity index (χ0) is 14.0. The third kappa shape index (κ3) is 2.58. The molecular formula is C13H13N3O3. The van der Waals surface area contributed by atoms with E-state index < -0.39 is 11.0 Å². The number of aliphatic hydroxyl groups is 1. The van der Waals surface area contributed by atoms with Gasteiger partial charge in [-0.25, -0.2) is 0 Å². The van der Waals surface area contributed by atoms with Crippen LogP contribution in [-0.2, 0) is 0 Å². The quantitative estimate of drug-likeness (QED) is 0.673. The highest BCUT2D eigenvalue weighted by atomic mass is 16.6. The van der Waals surface area contributed by atoms with Gasteiger partial charge < -0.3 is 5.11 Å². The third-order valence-electron chi connectivity index (χ3n) is 2.80. The first-order chi connectivity index (χ1) is 9.00. The molecule has 2 aromatic rings. The molecule has 2 rings (SSSR count). The minimum atomic E-state index is -1.16. The Morgan fingerprint density at radius 3 is 2.68 bits per heavy atom. The normalized spacial score (nSPS) is 12.2. The van der Waals surface area contributed by atoms with Gasteiger partial charge in [0.15, 0.2) is 0 Å². The van der Waals surface area contributed by atoms with Crippen molar-refractivity contribution in [2.75, 3.05) is 0 Å². The van der Waals surface area contributed by atoms with Crippen LogP contribution in [0.1, 0.15) is 28.7 Å². The van der Waals surface area contributed by atoms with Gasteiger partial charge in [-0.1, -0.05) is 12.1 Å². The molecule has 6 heteroatoms. The predicted molar refractivity (Wildman–Crippen MR) is 68.7 cm³/mol. The second-order valence-electron chi connectivity index (χ2n) is 4.20. The van der Waals surface area contributed by atoms with Crippen LogP contribution in [0.3, 0.4) is 0 Å². The van der Waals surface area contributed by atoms with Crippen LogP contribution in [0.25, 0.3) is 0 Å². The summed E-state index contributed by atoms with van der Waals surface area (Å²) in [5, 5.41) is 21.3. The summed E-state index contributed by atoms with van der Waals surface area (Å²) >= 11 is 0. The highest BCUT2D eigenvalue weighted by molar-refractivity contribution is 5.44. The molecule has 1 N–H and O–H groups in total. The standard InChI is InChI=1S/C13H13N3O3/c1-8-7-14-9(2)12(15-8)13(17)10-5-3-4-6-11(10)16(18)19/h3-7,13,17H,1-2H3/t13-/m1/s1. The highest BCUT2D eigenvalue weighted by Crippen LogP contribution is 2.29. The Labute approximate surface area is 109 Å². The van der Waals surface area contributed by atoms with Crippen molar-refractivity contribution < 1.29 is 10.0 Å². The Bertz CT molecular complexity index is 628. The topological polar surface area (TPSA) is 89.2 Å². The van der Waals surface area contributed by atoms with Crippen LogP contribution in [0.5, 0.6) is 0 Å². The van der Waals surface area contributed by atoms with Gasteiger partial charge in [0.2, 0.25) is 0 Å². The number of aryl methyl sites for hydroxylation is 2. The molecule has 1 aromatic carbocycles. The Hall–Kier alpha value is -2.34. The summed E-state index contributed by atoms with van der Waals surface area (Å²) in [4.78, 5) is 18.8. The molecule has 0 saturated carbocycles. The number of rotatable bonds is 3. The van der Waals surface area contributed by atoms with Crippen molar-refractivity contribution in [1.82, 2.24) is 9.97 Å². The molecule has 0 amide bonds. The molecule has 0 saturated heterocycles. The molecule has 0 bridgehead atoms. The SMILES string of the molecule is Cc1cnc(C)c([C@H](O)c2ccccc2[N+](=O)[O-])n1. The van der Waals surface area contributed by atoms with E-state index in [1.165, 1.54) is 12.1 Å². The summed E-state index contributed by atoms with van der Waals surface area (Å²) in [5.74, 6) is 0. The summed E-state index contributed by atoms with van der Waals surface area (Å²) in [6.07, 6.45) is 0.430. The smallest absolute Gasteiger partial charge is 0.275 e. The first kappa shape index (κ1) is 13.1. The maximum Gasteiger partial charge on any atom is 0.275 e. The van der Waals surface area contributed by atoms with E-state index in [0.717, 1.165) is 0 Å². The first-order valence-corrected chi connectivity index (χ1v) is 5.72. The molecule has 19 heavy (non-hydrogen) atoms. The minimum Gasteiger partial charge on any atom is -0.382 e. The van der Waals surface area contributed by atoms with Crippen LogP contribution in [0, 0.1) is 24.0 Å². The van der Waals surface area contributed by atoms with E-state index in [-0.39, 0.29) is 11.3 Å². The molecule has 0 aliphatic rings. The predicted octanol–water partition coefficient (Wildman–Crippen LogP) is 2.08. The minimum absolute atomic E-state index is 0.127. The zero-order valence-electron chi connectivity index (χ0n) is 10.6. The van der Waals surface area contributed by atoms with E-state index in [1.54, 1.807) is 32.2 Å². The lowest BCUT2D eigenvalue weighted by Crippen LogP contribution is -2.09. The number of para-hydroxylation sites is 1. The molecular weight excluding hydrogens is 246 g/mol. The lowest BCUT2D eigenvalue weighted by Gasteiger charge is -2.13. The lowest BCUT2D eigenvalue weighted by molar-refractivity contribution is -0.386. The highest BCUT2D eigenvalue weighted by Gasteiger charge is 2.23. The van der Waals surface area contributed by atoms with Crippen LogP contribution in [-0.4, -0.2) is 20.0 Å². The molecule has 0 radical (unpaired) electrons. The van der Waals surface area contributed by atoms with E-state index >= 15 is 0 Å². The molecule has 0 spiro atoms. The van der Waals surface area contributed by atoms with E-state index in [4.69, 9.17) is 0 Å². The summed E-state index contributed by atoms with van der Waals surface area (Å²) in [6, 6.07) is 6.08. The van der Waals surface area contributed by atoms with Gasteiger partial charge in [0.05, 0.1) is 27.6 Å². The van der Waals surface area contributed by atoms with Gasteiger partial charge in [-0.15, -0.1) is 0 Å². The number of hydrogen-bond donors (Lipinski definition) is 1. The number of nitro groups is 1. The number of aromatic nitrogens is 2. The van der Waals surface area contributed by atoms with Gasteiger partial charge in [0.25, 0.3) is 5.69 Å². The summed E-state index contributed by atoms with van der Waals surface area (Å²) in [5.41, 5.74) is 1.64. The van der Waals surface area contributed by atoms with Crippen LogP contribution in [0.15, 0.2) is 30.5 Å². The second-order valence-corrected chi connectivity index (χ2v) is 4.20. The average molecular weight is 259 g/mol. The van der Waals surface area contributed by atoms with Gasteiger partial charge in [-0.3, -0.25) is 20.1 Å². The maximum atomic E-state index is 11.0. The fraction of sp³-hybridized carbons (Fsp3) is 0.231. The third-order valence-corrected chi connectivity index (χ3v) is 2.80. The molecule has 0 aliphatic carbocycles. The summed E-state index contributed by atoms with van der Waals surface area (Å²) in [6.45, 7) is 3.46. The van der Waals surface area contributed by atoms with Crippen molar-refractivity contribution in [2.45, 2.75) is 20.0 Å². The maximum absolute atomic E-state index is 11.0. The van der Waals surface area contributed by atoms with Gasteiger partial charge >= 0.3 is 0 Å².